The molecule has 5 heteroatoms. The summed E-state index contributed by atoms with van der Waals surface area (Å²) in [6, 6.07) is 4.04. The van der Waals surface area contributed by atoms with Gasteiger partial charge in [0.25, 0.3) is 0 Å². The average Bonchev–Trinajstić information content (AvgIpc) is 2.27. The lowest BCUT2D eigenvalue weighted by Crippen LogP contribution is -1.97. The SMILES string of the molecule is COc1c(Br)cc(CCCC(=O)O)cc1SC. The molecule has 0 unspecified atom stereocenters. The van der Waals surface area contributed by atoms with Crippen LogP contribution in [0.5, 0.6) is 5.75 Å². The van der Waals surface area contributed by atoms with Gasteiger partial charge in [0, 0.05) is 6.42 Å². The summed E-state index contributed by atoms with van der Waals surface area (Å²) >= 11 is 5.08. The highest BCUT2D eigenvalue weighted by atomic mass is 79.9. The maximum atomic E-state index is 10.4. The molecule has 0 heterocycles. The molecule has 0 saturated heterocycles. The monoisotopic (exact) mass is 318 g/mol. The van der Waals surface area contributed by atoms with Gasteiger partial charge in [-0.2, -0.15) is 0 Å². The minimum absolute atomic E-state index is 0.207. The molecule has 1 aromatic carbocycles. The smallest absolute Gasteiger partial charge is 0.303 e. The van der Waals surface area contributed by atoms with Crippen LogP contribution < -0.4 is 4.74 Å². The first kappa shape index (κ1) is 14.4. The number of carboxylic acid groups (broad SMARTS) is 1. The topological polar surface area (TPSA) is 46.5 Å². The van der Waals surface area contributed by atoms with Gasteiger partial charge in [0.1, 0.15) is 5.75 Å². The molecule has 3 nitrogen and oxygen atoms in total. The first-order chi connectivity index (χ1) is 8.08. The highest BCUT2D eigenvalue weighted by Crippen LogP contribution is 2.36. The Morgan fingerprint density at radius 1 is 1.53 bits per heavy atom. The second-order valence-corrected chi connectivity index (χ2v) is 5.26. The Bertz CT molecular complexity index is 407. The third-order valence-electron chi connectivity index (χ3n) is 2.35. The van der Waals surface area contributed by atoms with Gasteiger partial charge in [-0.1, -0.05) is 0 Å². The predicted molar refractivity (Wildman–Crippen MR) is 73.0 cm³/mol. The molecule has 0 spiro atoms. The Balaban J connectivity index is 2.80. The number of ether oxygens (including phenoxy) is 1. The summed E-state index contributed by atoms with van der Waals surface area (Å²) in [5, 5.41) is 8.60. The van der Waals surface area contributed by atoms with Gasteiger partial charge >= 0.3 is 5.97 Å². The molecule has 0 aliphatic heterocycles. The number of methoxy groups -OCH3 is 1. The third kappa shape index (κ3) is 4.24. The number of rotatable bonds is 6. The molecule has 0 saturated carbocycles. The van der Waals surface area contributed by atoms with E-state index in [4.69, 9.17) is 9.84 Å². The van der Waals surface area contributed by atoms with E-state index in [1.54, 1.807) is 18.9 Å². The zero-order chi connectivity index (χ0) is 12.8. The van der Waals surface area contributed by atoms with E-state index in [2.05, 4.69) is 22.0 Å². The lowest BCUT2D eigenvalue weighted by atomic mass is 10.1. The summed E-state index contributed by atoms with van der Waals surface area (Å²) in [6.45, 7) is 0. The fourth-order valence-electron chi connectivity index (χ4n) is 1.56. The van der Waals surface area contributed by atoms with E-state index in [9.17, 15) is 4.79 Å². The Labute approximate surface area is 114 Å². The molecule has 0 aliphatic carbocycles. The van der Waals surface area contributed by atoms with Crippen molar-refractivity contribution in [1.82, 2.24) is 0 Å². The summed E-state index contributed by atoms with van der Waals surface area (Å²) in [5.41, 5.74) is 1.13. The maximum Gasteiger partial charge on any atom is 0.303 e. The number of hydrogen-bond acceptors (Lipinski definition) is 3. The van der Waals surface area contributed by atoms with E-state index in [1.165, 1.54) is 0 Å². The van der Waals surface area contributed by atoms with Gasteiger partial charge in [0.2, 0.25) is 0 Å². The second-order valence-electron chi connectivity index (χ2n) is 3.56. The highest BCUT2D eigenvalue weighted by Gasteiger charge is 2.09. The molecule has 0 aromatic heterocycles. The summed E-state index contributed by atoms with van der Waals surface area (Å²) in [6.07, 6.45) is 3.62. The summed E-state index contributed by atoms with van der Waals surface area (Å²) in [7, 11) is 1.64. The van der Waals surface area contributed by atoms with Gasteiger partial charge in [-0.25, -0.2) is 0 Å². The van der Waals surface area contributed by atoms with Crippen LogP contribution in [0.4, 0.5) is 0 Å². The molecular weight excluding hydrogens is 304 g/mol. The maximum absolute atomic E-state index is 10.4. The quantitative estimate of drug-likeness (QED) is 0.814. The van der Waals surface area contributed by atoms with Crippen molar-refractivity contribution in [2.24, 2.45) is 0 Å². The van der Waals surface area contributed by atoms with Gasteiger partial charge < -0.3 is 9.84 Å². The zero-order valence-electron chi connectivity index (χ0n) is 9.83. The largest absolute Gasteiger partial charge is 0.494 e. The van der Waals surface area contributed by atoms with Gasteiger partial charge in [0.15, 0.2) is 0 Å². The normalized spacial score (nSPS) is 10.3. The number of aryl methyl sites for hydroxylation is 1. The molecule has 0 bridgehead atoms. The minimum Gasteiger partial charge on any atom is -0.494 e. The molecule has 0 amide bonds. The van der Waals surface area contributed by atoms with Crippen LogP contribution >= 0.6 is 27.7 Å². The predicted octanol–water partition coefficient (Wildman–Crippen LogP) is 3.59. The molecule has 0 fully saturated rings. The van der Waals surface area contributed by atoms with Crippen LogP contribution in [0, 0.1) is 0 Å². The first-order valence-corrected chi connectivity index (χ1v) is 7.22. The standard InChI is InChI=1S/C12H15BrO3S/c1-16-12-9(13)6-8(7-10(12)17-2)4-3-5-11(14)15/h6-7H,3-5H2,1-2H3,(H,14,15). The van der Waals surface area contributed by atoms with Crippen LogP contribution in [-0.2, 0) is 11.2 Å². The van der Waals surface area contributed by atoms with Gasteiger partial charge in [-0.3, -0.25) is 4.79 Å². The van der Waals surface area contributed by atoms with Crippen LogP contribution in [0.2, 0.25) is 0 Å². The van der Waals surface area contributed by atoms with Crippen molar-refractivity contribution in [3.05, 3.63) is 22.2 Å². The van der Waals surface area contributed by atoms with E-state index < -0.39 is 5.97 Å². The van der Waals surface area contributed by atoms with Crippen LogP contribution in [-0.4, -0.2) is 24.4 Å². The number of hydrogen-bond donors (Lipinski definition) is 1. The molecular formula is C12H15BrO3S. The van der Waals surface area contributed by atoms with Crippen LogP contribution in [0.15, 0.2) is 21.5 Å². The van der Waals surface area contributed by atoms with Crippen molar-refractivity contribution in [3.63, 3.8) is 0 Å². The Kier molecular flexibility index (Phi) is 5.85. The summed E-state index contributed by atoms with van der Waals surface area (Å²) in [4.78, 5) is 11.5. The molecule has 0 aliphatic rings. The van der Waals surface area contributed by atoms with Crippen LogP contribution in [0.3, 0.4) is 0 Å². The summed E-state index contributed by atoms with van der Waals surface area (Å²) < 4.78 is 6.22. The van der Waals surface area contributed by atoms with Gasteiger partial charge in [-0.05, 0) is 52.7 Å². The Morgan fingerprint density at radius 2 is 2.24 bits per heavy atom. The van der Waals surface area contributed by atoms with Crippen molar-refractivity contribution in [2.75, 3.05) is 13.4 Å². The number of thioether (sulfide) groups is 1. The highest BCUT2D eigenvalue weighted by molar-refractivity contribution is 9.10. The number of aliphatic carboxylic acids is 1. The van der Waals surface area contributed by atoms with E-state index in [0.717, 1.165) is 27.1 Å². The molecule has 0 atom stereocenters. The van der Waals surface area contributed by atoms with Crippen molar-refractivity contribution in [1.29, 1.82) is 0 Å². The van der Waals surface area contributed by atoms with E-state index in [0.29, 0.717) is 6.42 Å². The minimum atomic E-state index is -0.748. The molecule has 1 N–H and O–H groups in total. The second kappa shape index (κ2) is 6.91. The average molecular weight is 319 g/mol. The van der Waals surface area contributed by atoms with Crippen LogP contribution in [0.1, 0.15) is 18.4 Å². The molecule has 1 aromatic rings. The fourth-order valence-corrected chi connectivity index (χ4v) is 3.01. The van der Waals surface area contributed by atoms with Crippen molar-refractivity contribution >= 4 is 33.7 Å². The number of carboxylic acids is 1. The van der Waals surface area contributed by atoms with Crippen molar-refractivity contribution < 1.29 is 14.6 Å². The molecule has 17 heavy (non-hydrogen) atoms. The lowest BCUT2D eigenvalue weighted by molar-refractivity contribution is -0.137. The fraction of sp³-hybridized carbons (Fsp3) is 0.417. The number of halogens is 1. The first-order valence-electron chi connectivity index (χ1n) is 5.20. The molecule has 94 valence electrons. The molecule has 0 radical (unpaired) electrons. The molecule has 1 rings (SSSR count). The third-order valence-corrected chi connectivity index (χ3v) is 3.68. The van der Waals surface area contributed by atoms with Gasteiger partial charge in [0.05, 0.1) is 16.5 Å². The Hall–Kier alpha value is -0.680. The van der Waals surface area contributed by atoms with E-state index in [-0.39, 0.29) is 6.42 Å². The lowest BCUT2D eigenvalue weighted by Gasteiger charge is -2.11. The Morgan fingerprint density at radius 3 is 2.76 bits per heavy atom. The van der Waals surface area contributed by atoms with Crippen molar-refractivity contribution in [2.45, 2.75) is 24.2 Å². The van der Waals surface area contributed by atoms with E-state index in [1.807, 2.05) is 12.3 Å². The van der Waals surface area contributed by atoms with Crippen molar-refractivity contribution in [3.8, 4) is 5.75 Å². The number of carbonyl (C=O) groups is 1. The van der Waals surface area contributed by atoms with Gasteiger partial charge in [-0.15, -0.1) is 11.8 Å². The van der Waals surface area contributed by atoms with E-state index >= 15 is 0 Å². The number of benzene rings is 1. The summed E-state index contributed by atoms with van der Waals surface area (Å²) in [5.74, 6) is 0.0853. The zero-order valence-corrected chi connectivity index (χ0v) is 12.2. The van der Waals surface area contributed by atoms with Crippen LogP contribution in [0.25, 0.3) is 0 Å².